The van der Waals surface area contributed by atoms with Gasteiger partial charge in [0, 0.05) is 0 Å². The third-order valence-electron chi connectivity index (χ3n) is 1.50. The molecule has 13 heavy (non-hydrogen) atoms. The summed E-state index contributed by atoms with van der Waals surface area (Å²) in [5.74, 6) is 0. The van der Waals surface area contributed by atoms with Gasteiger partial charge in [0.15, 0.2) is 5.13 Å². The molecule has 0 spiro atoms. The molecule has 0 aliphatic carbocycles. The summed E-state index contributed by atoms with van der Waals surface area (Å²) in [6.07, 6.45) is 0. The first-order chi connectivity index (χ1) is 6.31. The second-order valence-electron chi connectivity index (χ2n) is 2.32. The molecule has 0 unspecified atom stereocenters. The zero-order valence-corrected chi connectivity index (χ0v) is 8.15. The molecule has 0 bridgehead atoms. The maximum Gasteiger partial charge on any atom is 0.181 e. The van der Waals surface area contributed by atoms with Gasteiger partial charge in [0.2, 0.25) is 0 Å². The van der Waals surface area contributed by atoms with Crippen molar-refractivity contribution in [3.05, 3.63) is 22.4 Å². The molecule has 64 valence electrons. The van der Waals surface area contributed by atoms with Gasteiger partial charge in [0.25, 0.3) is 0 Å². The fourth-order valence-corrected chi connectivity index (χ4v) is 2.42. The van der Waals surface area contributed by atoms with Crippen LogP contribution in [0.1, 0.15) is 4.88 Å². The van der Waals surface area contributed by atoms with Crippen LogP contribution < -0.4 is 5.73 Å². The van der Waals surface area contributed by atoms with E-state index in [1.54, 1.807) is 11.3 Å². The van der Waals surface area contributed by atoms with E-state index in [2.05, 4.69) is 11.1 Å². The Labute approximate surface area is 83.1 Å². The van der Waals surface area contributed by atoms with E-state index in [9.17, 15) is 0 Å². The number of nitrogens with zero attached hydrogens (tertiary/aromatic N) is 2. The Balaban J connectivity index is 2.59. The molecule has 0 aliphatic rings. The lowest BCUT2D eigenvalue weighted by Crippen LogP contribution is -1.81. The summed E-state index contributed by atoms with van der Waals surface area (Å²) in [4.78, 5) is 5.68. The molecule has 0 saturated carbocycles. The molecule has 5 heteroatoms. The lowest BCUT2D eigenvalue weighted by Gasteiger charge is -1.88. The molecule has 0 atom stereocenters. The Morgan fingerprint density at radius 2 is 2.38 bits per heavy atom. The van der Waals surface area contributed by atoms with Crippen molar-refractivity contribution in [3.8, 4) is 16.6 Å². The van der Waals surface area contributed by atoms with E-state index in [4.69, 9.17) is 11.0 Å². The number of anilines is 1. The van der Waals surface area contributed by atoms with Crippen LogP contribution in [-0.2, 0) is 0 Å². The van der Waals surface area contributed by atoms with E-state index in [0.29, 0.717) is 15.7 Å². The number of thiophene rings is 1. The third kappa shape index (κ3) is 1.41. The predicted molar refractivity (Wildman–Crippen MR) is 54.6 cm³/mol. The van der Waals surface area contributed by atoms with Crippen LogP contribution in [0.4, 0.5) is 5.13 Å². The first-order valence-electron chi connectivity index (χ1n) is 3.51. The minimum atomic E-state index is 0.444. The second kappa shape index (κ2) is 3.17. The summed E-state index contributed by atoms with van der Waals surface area (Å²) in [7, 11) is 0. The zero-order valence-electron chi connectivity index (χ0n) is 6.52. The highest BCUT2D eigenvalue weighted by Gasteiger charge is 2.11. The quantitative estimate of drug-likeness (QED) is 0.780. The molecule has 0 fully saturated rings. The molecular weight excluding hydrogens is 202 g/mol. The lowest BCUT2D eigenvalue weighted by molar-refractivity contribution is 1.41. The standard InChI is InChI=1S/C8H5N3S2/c9-4-6-7(11-8(10)13-6)5-2-1-3-12-5/h1-3H,(H2,10,11). The number of hydrogen-bond donors (Lipinski definition) is 1. The van der Waals surface area contributed by atoms with Crippen LogP contribution in [0, 0.1) is 11.3 Å². The Bertz CT molecular complexity index is 450. The average molecular weight is 207 g/mol. The molecule has 2 rings (SSSR count). The van der Waals surface area contributed by atoms with Crippen molar-refractivity contribution in [2.24, 2.45) is 0 Å². The van der Waals surface area contributed by atoms with Gasteiger partial charge < -0.3 is 5.73 Å². The van der Waals surface area contributed by atoms with Crippen molar-refractivity contribution >= 4 is 27.8 Å². The van der Waals surface area contributed by atoms with Crippen LogP contribution in [0.25, 0.3) is 10.6 Å². The molecule has 2 aromatic heterocycles. The van der Waals surface area contributed by atoms with Crippen LogP contribution >= 0.6 is 22.7 Å². The fraction of sp³-hybridized carbons (Fsp3) is 0. The zero-order chi connectivity index (χ0) is 9.26. The van der Waals surface area contributed by atoms with Crippen molar-refractivity contribution in [2.75, 3.05) is 5.73 Å². The van der Waals surface area contributed by atoms with Crippen LogP contribution in [0.15, 0.2) is 17.5 Å². The molecular formula is C8H5N3S2. The van der Waals surface area contributed by atoms with Crippen molar-refractivity contribution in [1.29, 1.82) is 5.26 Å². The first kappa shape index (κ1) is 8.23. The number of rotatable bonds is 1. The highest BCUT2D eigenvalue weighted by Crippen LogP contribution is 2.31. The van der Waals surface area contributed by atoms with Crippen LogP contribution in [-0.4, -0.2) is 4.98 Å². The summed E-state index contributed by atoms with van der Waals surface area (Å²) < 4.78 is 0. The summed E-state index contributed by atoms with van der Waals surface area (Å²) >= 11 is 2.78. The number of nitrogens with two attached hydrogens (primary N) is 1. The van der Waals surface area contributed by atoms with Crippen molar-refractivity contribution in [3.63, 3.8) is 0 Å². The van der Waals surface area contributed by atoms with Gasteiger partial charge in [0.1, 0.15) is 16.6 Å². The Morgan fingerprint density at radius 3 is 3.00 bits per heavy atom. The molecule has 0 saturated heterocycles. The monoisotopic (exact) mass is 207 g/mol. The van der Waals surface area contributed by atoms with Crippen LogP contribution in [0.5, 0.6) is 0 Å². The van der Waals surface area contributed by atoms with Gasteiger partial charge in [0.05, 0.1) is 4.88 Å². The summed E-state index contributed by atoms with van der Waals surface area (Å²) in [5.41, 5.74) is 6.23. The highest BCUT2D eigenvalue weighted by atomic mass is 32.1. The minimum Gasteiger partial charge on any atom is -0.375 e. The van der Waals surface area contributed by atoms with Gasteiger partial charge in [-0.15, -0.1) is 11.3 Å². The summed E-state index contributed by atoms with van der Waals surface area (Å²) in [6.45, 7) is 0. The molecule has 0 aliphatic heterocycles. The number of aromatic nitrogens is 1. The van der Waals surface area contributed by atoms with E-state index in [0.717, 1.165) is 4.88 Å². The van der Waals surface area contributed by atoms with Gasteiger partial charge in [-0.1, -0.05) is 17.4 Å². The third-order valence-corrected chi connectivity index (χ3v) is 3.17. The van der Waals surface area contributed by atoms with Gasteiger partial charge in [-0.3, -0.25) is 0 Å². The van der Waals surface area contributed by atoms with E-state index in [1.165, 1.54) is 11.3 Å². The average Bonchev–Trinajstić information content (AvgIpc) is 2.71. The molecule has 3 nitrogen and oxygen atoms in total. The molecule has 0 aromatic carbocycles. The van der Waals surface area contributed by atoms with Gasteiger partial charge in [-0.05, 0) is 11.4 Å². The fourth-order valence-electron chi connectivity index (χ4n) is 0.993. The second-order valence-corrected chi connectivity index (χ2v) is 4.30. The Morgan fingerprint density at radius 1 is 1.54 bits per heavy atom. The van der Waals surface area contributed by atoms with Crippen LogP contribution in [0.2, 0.25) is 0 Å². The van der Waals surface area contributed by atoms with E-state index < -0.39 is 0 Å². The molecule has 0 amide bonds. The molecule has 2 N–H and O–H groups in total. The summed E-state index contributed by atoms with van der Waals surface area (Å²) in [5, 5.41) is 11.2. The SMILES string of the molecule is N#Cc1sc(N)nc1-c1cccs1. The molecule has 2 aromatic rings. The van der Waals surface area contributed by atoms with Crippen molar-refractivity contribution < 1.29 is 0 Å². The molecule has 2 heterocycles. The van der Waals surface area contributed by atoms with E-state index in [1.807, 2.05) is 17.5 Å². The van der Waals surface area contributed by atoms with E-state index in [-0.39, 0.29) is 0 Å². The smallest absolute Gasteiger partial charge is 0.181 e. The first-order valence-corrected chi connectivity index (χ1v) is 5.21. The maximum absolute atomic E-state index is 8.80. The Hall–Kier alpha value is -1.38. The normalized spacial score (nSPS) is 9.77. The number of hydrogen-bond acceptors (Lipinski definition) is 5. The van der Waals surface area contributed by atoms with Gasteiger partial charge in [-0.25, -0.2) is 4.98 Å². The highest BCUT2D eigenvalue weighted by molar-refractivity contribution is 7.17. The number of nitrogen functional groups attached to an aromatic ring is 1. The number of nitriles is 1. The predicted octanol–water partition coefficient (Wildman–Crippen LogP) is 2.33. The maximum atomic E-state index is 8.80. The topological polar surface area (TPSA) is 62.7 Å². The Kier molecular flexibility index (Phi) is 2.00. The van der Waals surface area contributed by atoms with Gasteiger partial charge >= 0.3 is 0 Å². The van der Waals surface area contributed by atoms with Gasteiger partial charge in [-0.2, -0.15) is 5.26 Å². The molecule has 0 radical (unpaired) electrons. The van der Waals surface area contributed by atoms with Crippen molar-refractivity contribution in [1.82, 2.24) is 4.98 Å². The van der Waals surface area contributed by atoms with E-state index >= 15 is 0 Å². The largest absolute Gasteiger partial charge is 0.375 e. The lowest BCUT2D eigenvalue weighted by atomic mass is 10.3. The number of thiazole rings is 1. The van der Waals surface area contributed by atoms with Crippen molar-refractivity contribution in [2.45, 2.75) is 0 Å². The minimum absolute atomic E-state index is 0.444. The van der Waals surface area contributed by atoms with Crippen LogP contribution in [0.3, 0.4) is 0 Å². The summed E-state index contributed by atoms with van der Waals surface area (Å²) in [6, 6.07) is 5.95.